The second-order valence-corrected chi connectivity index (χ2v) is 11.7. The number of aryl methyl sites for hydroxylation is 1. The minimum atomic E-state index is -0.398. The summed E-state index contributed by atoms with van der Waals surface area (Å²) in [4.78, 5) is 23.7. The molecule has 0 aliphatic carbocycles. The molecule has 0 saturated heterocycles. The van der Waals surface area contributed by atoms with Gasteiger partial charge in [0.25, 0.3) is 6.47 Å². The number of rotatable bonds is 17. The number of fused-ring (bicyclic) bond motifs is 3. The van der Waals surface area contributed by atoms with Gasteiger partial charge in [-0.15, -0.1) is 0 Å². The van der Waals surface area contributed by atoms with Crippen molar-refractivity contribution in [1.29, 1.82) is 0 Å². The summed E-state index contributed by atoms with van der Waals surface area (Å²) >= 11 is 0. The highest BCUT2D eigenvalue weighted by Gasteiger charge is 2.14. The lowest BCUT2D eigenvalue weighted by molar-refractivity contribution is -0.120. The molecule has 0 amide bonds. The molecule has 0 aromatic heterocycles. The number of allylic oxidation sites excluding steroid dienone is 1. The number of ether oxygens (including phenoxy) is 4. The molecule has 0 radical (unpaired) electrons. The normalized spacial score (nSPS) is 11.0. The van der Waals surface area contributed by atoms with E-state index in [1.54, 1.807) is 25.3 Å². The molecule has 0 fully saturated rings. The van der Waals surface area contributed by atoms with Crippen LogP contribution in [0.2, 0.25) is 0 Å². The van der Waals surface area contributed by atoms with Gasteiger partial charge in [-0.25, -0.2) is 4.79 Å². The first-order valence-corrected chi connectivity index (χ1v) is 16.3. The third kappa shape index (κ3) is 8.87. The molecular weight excluding hydrogens is 588 g/mol. The molecule has 5 rings (SSSR count). The van der Waals surface area contributed by atoms with E-state index < -0.39 is 5.97 Å². The molecule has 242 valence electrons. The Morgan fingerprint density at radius 2 is 1.43 bits per heavy atom. The average molecular weight is 631 g/mol. The van der Waals surface area contributed by atoms with Crippen LogP contribution in [0.1, 0.15) is 66.1 Å². The van der Waals surface area contributed by atoms with Gasteiger partial charge < -0.3 is 18.9 Å². The summed E-state index contributed by atoms with van der Waals surface area (Å²) in [5, 5.41) is 4.28. The smallest absolute Gasteiger partial charge is 0.343 e. The predicted octanol–water partition coefficient (Wildman–Crippen LogP) is 9.54. The van der Waals surface area contributed by atoms with E-state index >= 15 is 0 Å². The second kappa shape index (κ2) is 16.6. The highest BCUT2D eigenvalue weighted by atomic mass is 16.5. The molecule has 0 bridgehead atoms. The lowest BCUT2D eigenvalue weighted by atomic mass is 9.95. The quantitative estimate of drug-likeness (QED) is 0.0335. The lowest BCUT2D eigenvalue weighted by Crippen LogP contribution is -2.09. The van der Waals surface area contributed by atoms with E-state index in [0.29, 0.717) is 42.3 Å². The summed E-state index contributed by atoms with van der Waals surface area (Å²) in [6.07, 6.45) is 7.44. The van der Waals surface area contributed by atoms with E-state index in [9.17, 15) is 9.59 Å². The number of hydrogen-bond donors (Lipinski definition) is 0. The van der Waals surface area contributed by atoms with Crippen molar-refractivity contribution < 1.29 is 28.5 Å². The van der Waals surface area contributed by atoms with E-state index in [4.69, 9.17) is 18.9 Å². The van der Waals surface area contributed by atoms with Crippen LogP contribution in [0.15, 0.2) is 97.6 Å². The van der Waals surface area contributed by atoms with E-state index in [1.165, 1.54) is 24.8 Å². The Bertz CT molecular complexity index is 1840. The molecule has 0 aliphatic rings. The van der Waals surface area contributed by atoms with Gasteiger partial charge >= 0.3 is 5.97 Å². The fourth-order valence-corrected chi connectivity index (χ4v) is 5.84. The zero-order valence-corrected chi connectivity index (χ0v) is 27.3. The molecule has 0 N–H and O–H groups in total. The van der Waals surface area contributed by atoms with Gasteiger partial charge in [0, 0.05) is 26.2 Å². The van der Waals surface area contributed by atoms with Crippen LogP contribution in [0.5, 0.6) is 17.2 Å². The zero-order chi connectivity index (χ0) is 33.0. The third-order valence-electron chi connectivity index (χ3n) is 8.36. The molecule has 5 aromatic carbocycles. The van der Waals surface area contributed by atoms with Crippen LogP contribution >= 0.6 is 0 Å². The van der Waals surface area contributed by atoms with E-state index in [2.05, 4.69) is 30.8 Å². The first-order chi connectivity index (χ1) is 23.0. The van der Waals surface area contributed by atoms with Crippen molar-refractivity contribution >= 4 is 39.6 Å². The summed E-state index contributed by atoms with van der Waals surface area (Å²) in [6.45, 7) is 8.07. The van der Waals surface area contributed by atoms with Crippen molar-refractivity contribution in [3.8, 4) is 17.2 Å². The Morgan fingerprint density at radius 1 is 0.745 bits per heavy atom. The molecule has 6 nitrogen and oxygen atoms in total. The molecule has 47 heavy (non-hydrogen) atoms. The molecule has 6 heteroatoms. The minimum Gasteiger partial charge on any atom is -0.493 e. The lowest BCUT2D eigenvalue weighted by Gasteiger charge is -2.15. The highest BCUT2D eigenvalue weighted by Crippen LogP contribution is 2.33. The number of carbonyl (C=O) groups is 2. The Balaban J connectivity index is 1.21. The molecule has 0 atom stereocenters. The maximum absolute atomic E-state index is 13.0. The van der Waals surface area contributed by atoms with Crippen molar-refractivity contribution in [2.24, 2.45) is 0 Å². The third-order valence-corrected chi connectivity index (χ3v) is 8.36. The molecule has 0 saturated carbocycles. The summed E-state index contributed by atoms with van der Waals surface area (Å²) < 4.78 is 21.8. The first kappa shape index (κ1) is 33.4. The van der Waals surface area contributed by atoms with Gasteiger partial charge in [-0.2, -0.15) is 0 Å². The number of methoxy groups -OCH3 is 1. The fourth-order valence-electron chi connectivity index (χ4n) is 5.84. The van der Waals surface area contributed by atoms with Gasteiger partial charge in [0.2, 0.25) is 0 Å². The monoisotopic (exact) mass is 630 g/mol. The van der Waals surface area contributed by atoms with Crippen molar-refractivity contribution in [3.63, 3.8) is 0 Å². The number of unbranched alkanes of at least 4 members (excludes halogenated alkanes) is 4. The van der Waals surface area contributed by atoms with Gasteiger partial charge in [0.05, 0.1) is 12.2 Å². The summed E-state index contributed by atoms with van der Waals surface area (Å²) in [5.74, 6) is 1.22. The molecule has 5 aromatic rings. The van der Waals surface area contributed by atoms with Crippen LogP contribution in [-0.4, -0.2) is 32.8 Å². The van der Waals surface area contributed by atoms with Gasteiger partial charge in [-0.1, -0.05) is 74.4 Å². The topological polar surface area (TPSA) is 71.1 Å². The summed E-state index contributed by atoms with van der Waals surface area (Å²) in [6, 6.07) is 29.2. The van der Waals surface area contributed by atoms with Crippen molar-refractivity contribution in [2.45, 2.75) is 51.9 Å². The van der Waals surface area contributed by atoms with Crippen LogP contribution < -0.4 is 14.2 Å². The van der Waals surface area contributed by atoms with Crippen LogP contribution in [0, 0.1) is 0 Å². The number of carbonyl (C=O) groups excluding carboxylic acids is 2. The van der Waals surface area contributed by atoms with Crippen LogP contribution in [0.25, 0.3) is 27.1 Å². The van der Waals surface area contributed by atoms with Crippen LogP contribution in [0.4, 0.5) is 0 Å². The Hall–Kier alpha value is -4.94. The zero-order valence-electron chi connectivity index (χ0n) is 27.3. The predicted molar refractivity (Wildman–Crippen MR) is 189 cm³/mol. The van der Waals surface area contributed by atoms with Gasteiger partial charge in [-0.05, 0) is 106 Å². The molecular formula is C41H42O6. The minimum absolute atomic E-state index is 0.398. The van der Waals surface area contributed by atoms with Crippen molar-refractivity contribution in [2.75, 3.05) is 20.3 Å². The average Bonchev–Trinajstić information content (AvgIpc) is 3.09. The van der Waals surface area contributed by atoms with Gasteiger partial charge in [0.1, 0.15) is 17.2 Å². The molecule has 0 heterocycles. The van der Waals surface area contributed by atoms with E-state index in [-0.39, 0.29) is 0 Å². The fraction of sp³-hybridized carbons (Fsp3) is 0.268. The van der Waals surface area contributed by atoms with Crippen molar-refractivity contribution in [3.05, 3.63) is 120 Å². The Morgan fingerprint density at radius 3 is 2.17 bits per heavy atom. The number of hydrogen-bond acceptors (Lipinski definition) is 6. The molecule has 0 aliphatic heterocycles. The number of esters is 1. The number of benzene rings is 5. The Labute approximate surface area is 276 Å². The van der Waals surface area contributed by atoms with Gasteiger partial charge in [0.15, 0.2) is 0 Å². The van der Waals surface area contributed by atoms with E-state index in [1.807, 2.05) is 55.5 Å². The Kier molecular flexibility index (Phi) is 11.8. The van der Waals surface area contributed by atoms with Gasteiger partial charge in [-0.3, -0.25) is 4.79 Å². The highest BCUT2D eigenvalue weighted by molar-refractivity contribution is 6.08. The van der Waals surface area contributed by atoms with E-state index in [0.717, 1.165) is 64.1 Å². The molecule has 0 unspecified atom stereocenters. The first-order valence-electron chi connectivity index (χ1n) is 16.3. The summed E-state index contributed by atoms with van der Waals surface area (Å²) in [5.41, 5.74) is 4.67. The van der Waals surface area contributed by atoms with Crippen LogP contribution in [0.3, 0.4) is 0 Å². The second-order valence-electron chi connectivity index (χ2n) is 11.7. The standard InChI is InChI=1S/C41H42O6/c1-4-45-40-27-37(47-41(43)31-13-11-30(12-14-31)10-8-6-5-7-9-23-44-3)19-17-35(40)24-29(2)32-18-21-38-33(25-32)15-16-34-26-36(46-28-42)20-22-39(34)38/h11-22,25-28H,2,4-10,23-24H2,1,3H3. The molecule has 0 spiro atoms. The van der Waals surface area contributed by atoms with Crippen molar-refractivity contribution in [1.82, 2.24) is 0 Å². The maximum atomic E-state index is 13.0. The largest absolute Gasteiger partial charge is 0.493 e. The SMILES string of the molecule is C=C(Cc1ccc(OC(=O)c2ccc(CCCCCCCOC)cc2)cc1OCC)c1ccc2c(ccc3cc(OC=O)ccc32)c1. The van der Waals surface area contributed by atoms with Crippen LogP contribution in [-0.2, 0) is 22.4 Å². The summed E-state index contributed by atoms with van der Waals surface area (Å²) in [7, 11) is 1.74. The maximum Gasteiger partial charge on any atom is 0.343 e.